The molecule has 0 spiro atoms. The van der Waals surface area contributed by atoms with Gasteiger partial charge in [0.05, 0.1) is 24.1 Å². The minimum Gasteiger partial charge on any atom is -0.478 e. The smallest absolute Gasteiger partial charge is 0.335 e. The third-order valence-corrected chi connectivity index (χ3v) is 3.98. The number of nitrogens with zero attached hydrogens (tertiary/aromatic N) is 3. The van der Waals surface area contributed by atoms with Crippen LogP contribution in [0, 0.1) is 0 Å². The summed E-state index contributed by atoms with van der Waals surface area (Å²) in [5.41, 5.74) is 3.75. The third-order valence-electron chi connectivity index (χ3n) is 3.98. The first-order valence-electron chi connectivity index (χ1n) is 7.18. The number of hydrogen-bond acceptors (Lipinski definition) is 3. The average Bonchev–Trinajstić information content (AvgIpc) is 3.06. The second-order valence-electron chi connectivity index (χ2n) is 5.71. The Bertz CT molecular complexity index is 676. The van der Waals surface area contributed by atoms with Gasteiger partial charge in [0.15, 0.2) is 0 Å². The summed E-state index contributed by atoms with van der Waals surface area (Å²) in [7, 11) is 0. The van der Waals surface area contributed by atoms with E-state index in [1.165, 1.54) is 5.56 Å². The molecule has 1 aromatic heterocycles. The lowest BCUT2D eigenvalue weighted by Gasteiger charge is -2.21. The van der Waals surface area contributed by atoms with Crippen LogP contribution in [-0.2, 0) is 13.0 Å². The van der Waals surface area contributed by atoms with E-state index >= 15 is 0 Å². The van der Waals surface area contributed by atoms with E-state index in [9.17, 15) is 4.79 Å². The molecule has 2 heterocycles. The zero-order valence-electron chi connectivity index (χ0n) is 12.3. The monoisotopic (exact) mass is 285 g/mol. The first kappa shape index (κ1) is 13.7. The van der Waals surface area contributed by atoms with Crippen LogP contribution in [0.4, 0.5) is 5.69 Å². The second-order valence-corrected chi connectivity index (χ2v) is 5.71. The Hall–Kier alpha value is -2.30. The number of carboxylic acids is 1. The van der Waals surface area contributed by atoms with Crippen molar-refractivity contribution in [3.8, 4) is 0 Å². The number of hydrogen-bond donors (Lipinski definition) is 1. The quantitative estimate of drug-likeness (QED) is 0.938. The number of carbonyl (C=O) groups is 1. The van der Waals surface area contributed by atoms with Crippen LogP contribution < -0.4 is 4.90 Å². The summed E-state index contributed by atoms with van der Waals surface area (Å²) in [5, 5.41) is 9.14. The fourth-order valence-corrected chi connectivity index (χ4v) is 2.86. The molecule has 1 aliphatic heterocycles. The lowest BCUT2D eigenvalue weighted by molar-refractivity contribution is 0.0697. The van der Waals surface area contributed by atoms with Gasteiger partial charge in [-0.1, -0.05) is 6.07 Å². The molecule has 0 unspecified atom stereocenters. The maximum absolute atomic E-state index is 11.1. The summed E-state index contributed by atoms with van der Waals surface area (Å²) in [6.07, 6.45) is 4.70. The highest BCUT2D eigenvalue weighted by molar-refractivity contribution is 5.89. The van der Waals surface area contributed by atoms with Crippen LogP contribution in [-0.4, -0.2) is 27.2 Å². The molecule has 5 heteroatoms. The predicted octanol–water partition coefficient (Wildman–Crippen LogP) is 2.72. The van der Waals surface area contributed by atoms with Gasteiger partial charge in [-0.2, -0.15) is 0 Å². The highest BCUT2D eigenvalue weighted by Gasteiger charge is 2.22. The van der Waals surface area contributed by atoms with E-state index in [0.29, 0.717) is 11.6 Å². The second kappa shape index (κ2) is 5.24. The van der Waals surface area contributed by atoms with Crippen molar-refractivity contribution in [2.75, 3.05) is 11.4 Å². The Balaban J connectivity index is 1.88. The maximum Gasteiger partial charge on any atom is 0.335 e. The van der Waals surface area contributed by atoms with E-state index in [-0.39, 0.29) is 0 Å². The Labute approximate surface area is 123 Å². The molecular weight excluding hydrogens is 266 g/mol. The van der Waals surface area contributed by atoms with Gasteiger partial charge in [-0.3, -0.25) is 0 Å². The van der Waals surface area contributed by atoms with E-state index in [1.54, 1.807) is 12.1 Å². The van der Waals surface area contributed by atoms with Crippen molar-refractivity contribution in [1.82, 2.24) is 9.55 Å². The lowest BCUT2D eigenvalue weighted by Crippen LogP contribution is -2.22. The van der Waals surface area contributed by atoms with Crippen molar-refractivity contribution < 1.29 is 9.90 Å². The number of fused-ring (bicyclic) bond motifs is 1. The van der Waals surface area contributed by atoms with Crippen LogP contribution in [0.3, 0.4) is 0 Å². The predicted molar refractivity (Wildman–Crippen MR) is 80.8 cm³/mol. The molecule has 21 heavy (non-hydrogen) atoms. The third kappa shape index (κ3) is 2.51. The van der Waals surface area contributed by atoms with E-state index in [4.69, 9.17) is 5.11 Å². The molecule has 3 rings (SSSR count). The standard InChI is InChI=1S/C16H19N3O2/c1-11(2)19-10-17-8-14(19)9-18-6-5-12-3-4-13(16(20)21)7-15(12)18/h3-4,7-8,10-11H,5-6,9H2,1-2H3,(H,20,21). The minimum absolute atomic E-state index is 0.345. The van der Waals surface area contributed by atoms with Crippen molar-refractivity contribution in [3.63, 3.8) is 0 Å². The van der Waals surface area contributed by atoms with Crippen LogP contribution in [0.15, 0.2) is 30.7 Å². The molecule has 0 atom stereocenters. The number of benzene rings is 1. The molecule has 2 aromatic rings. The molecule has 1 aromatic carbocycles. The molecule has 0 radical (unpaired) electrons. The molecule has 0 saturated carbocycles. The van der Waals surface area contributed by atoms with Gasteiger partial charge in [0.1, 0.15) is 0 Å². The molecule has 5 nitrogen and oxygen atoms in total. The average molecular weight is 285 g/mol. The lowest BCUT2D eigenvalue weighted by atomic mass is 10.1. The molecule has 0 fully saturated rings. The van der Waals surface area contributed by atoms with Crippen LogP contribution in [0.1, 0.15) is 41.5 Å². The Morgan fingerprint density at radius 1 is 1.43 bits per heavy atom. The molecule has 0 amide bonds. The normalized spacial score (nSPS) is 13.8. The zero-order valence-corrected chi connectivity index (χ0v) is 12.3. The van der Waals surface area contributed by atoms with Gasteiger partial charge in [-0.25, -0.2) is 9.78 Å². The summed E-state index contributed by atoms with van der Waals surface area (Å²) < 4.78 is 2.15. The van der Waals surface area contributed by atoms with E-state index in [0.717, 1.165) is 30.9 Å². The summed E-state index contributed by atoms with van der Waals surface area (Å²) in [6, 6.07) is 5.76. The molecule has 0 bridgehead atoms. The molecule has 1 N–H and O–H groups in total. The van der Waals surface area contributed by atoms with Crippen molar-refractivity contribution in [2.45, 2.75) is 32.9 Å². The number of aromatic nitrogens is 2. The highest BCUT2D eigenvalue weighted by atomic mass is 16.4. The first-order valence-corrected chi connectivity index (χ1v) is 7.18. The van der Waals surface area contributed by atoms with E-state index < -0.39 is 5.97 Å². The number of aromatic carboxylic acids is 1. The fraction of sp³-hybridized carbons (Fsp3) is 0.375. The van der Waals surface area contributed by atoms with Gasteiger partial charge in [0.2, 0.25) is 0 Å². The Morgan fingerprint density at radius 2 is 2.24 bits per heavy atom. The van der Waals surface area contributed by atoms with Crippen molar-refractivity contribution in [2.24, 2.45) is 0 Å². The fourth-order valence-electron chi connectivity index (χ4n) is 2.86. The van der Waals surface area contributed by atoms with Crippen LogP contribution in [0.5, 0.6) is 0 Å². The van der Waals surface area contributed by atoms with Crippen LogP contribution in [0.2, 0.25) is 0 Å². The van der Waals surface area contributed by atoms with Crippen molar-refractivity contribution in [1.29, 1.82) is 0 Å². The SMILES string of the molecule is CC(C)n1cncc1CN1CCc2ccc(C(=O)O)cc21. The number of carboxylic acid groups (broad SMARTS) is 1. The van der Waals surface area contributed by atoms with Gasteiger partial charge >= 0.3 is 5.97 Å². The van der Waals surface area contributed by atoms with Crippen molar-refractivity contribution >= 4 is 11.7 Å². The summed E-state index contributed by atoms with van der Waals surface area (Å²) in [4.78, 5) is 17.6. The minimum atomic E-state index is -0.878. The summed E-state index contributed by atoms with van der Waals surface area (Å²) in [6.45, 7) is 5.94. The summed E-state index contributed by atoms with van der Waals surface area (Å²) >= 11 is 0. The molecule has 1 aliphatic rings. The molecular formula is C16H19N3O2. The first-order chi connectivity index (χ1) is 10.1. The highest BCUT2D eigenvalue weighted by Crippen LogP contribution is 2.30. The largest absolute Gasteiger partial charge is 0.478 e. The topological polar surface area (TPSA) is 58.4 Å². The number of anilines is 1. The van der Waals surface area contributed by atoms with E-state index in [2.05, 4.69) is 28.3 Å². The van der Waals surface area contributed by atoms with Crippen LogP contribution >= 0.6 is 0 Å². The zero-order chi connectivity index (χ0) is 15.0. The van der Waals surface area contributed by atoms with Gasteiger partial charge in [0.25, 0.3) is 0 Å². The van der Waals surface area contributed by atoms with Crippen molar-refractivity contribution in [3.05, 3.63) is 47.5 Å². The van der Waals surface area contributed by atoms with Gasteiger partial charge in [-0.15, -0.1) is 0 Å². The number of rotatable bonds is 4. The molecule has 0 aliphatic carbocycles. The number of imidazole rings is 1. The van der Waals surface area contributed by atoms with Gasteiger partial charge in [0, 0.05) is 24.5 Å². The Kier molecular flexibility index (Phi) is 3.41. The van der Waals surface area contributed by atoms with Gasteiger partial charge in [-0.05, 0) is 38.0 Å². The van der Waals surface area contributed by atoms with Crippen LogP contribution in [0.25, 0.3) is 0 Å². The Morgan fingerprint density at radius 3 is 2.95 bits per heavy atom. The summed E-state index contributed by atoms with van der Waals surface area (Å²) in [5.74, 6) is -0.878. The van der Waals surface area contributed by atoms with E-state index in [1.807, 2.05) is 18.6 Å². The maximum atomic E-state index is 11.1. The molecule has 110 valence electrons. The molecule has 0 saturated heterocycles. The van der Waals surface area contributed by atoms with Gasteiger partial charge < -0.3 is 14.6 Å².